The number of methoxy groups -OCH3 is 1. The fourth-order valence-electron chi connectivity index (χ4n) is 1.44. The Morgan fingerprint density at radius 1 is 1.40 bits per heavy atom. The van der Waals surface area contributed by atoms with E-state index in [1.165, 1.54) is 11.8 Å². The van der Waals surface area contributed by atoms with Crippen LogP contribution in [0.15, 0.2) is 18.2 Å². The summed E-state index contributed by atoms with van der Waals surface area (Å²) in [7, 11) is 1.68. The predicted octanol–water partition coefficient (Wildman–Crippen LogP) is 3.51. The molecule has 0 unspecified atom stereocenters. The van der Waals surface area contributed by atoms with E-state index in [1.54, 1.807) is 7.11 Å². The number of thioether (sulfide) groups is 1. The third kappa shape index (κ3) is 2.75. The second-order valence-electron chi connectivity index (χ2n) is 3.64. The van der Waals surface area contributed by atoms with Gasteiger partial charge in [0.05, 0.1) is 12.2 Å². The largest absolute Gasteiger partial charge is 0.496 e. The van der Waals surface area contributed by atoms with Crippen molar-refractivity contribution < 1.29 is 4.74 Å². The van der Waals surface area contributed by atoms with E-state index >= 15 is 0 Å². The zero-order valence-electron chi connectivity index (χ0n) is 9.63. The Labute approximate surface area is 95.5 Å². The van der Waals surface area contributed by atoms with Crippen molar-refractivity contribution in [3.8, 4) is 5.75 Å². The third-order valence-corrected chi connectivity index (χ3v) is 2.96. The van der Waals surface area contributed by atoms with Gasteiger partial charge in [-0.1, -0.05) is 13.8 Å². The number of hydrogen-bond acceptors (Lipinski definition) is 3. The maximum absolute atomic E-state index is 7.77. The summed E-state index contributed by atoms with van der Waals surface area (Å²) in [6.45, 7) is 4.26. The molecular formula is C12H17NOS. The first kappa shape index (κ1) is 12.1. The van der Waals surface area contributed by atoms with Gasteiger partial charge in [0.15, 0.2) is 0 Å². The SMILES string of the molecule is COc1ccc(C(=N)SC)cc1C(C)C. The molecule has 0 aliphatic carbocycles. The van der Waals surface area contributed by atoms with Gasteiger partial charge in [-0.2, -0.15) is 0 Å². The molecule has 0 saturated carbocycles. The first-order valence-electron chi connectivity index (χ1n) is 4.91. The van der Waals surface area contributed by atoms with Crippen molar-refractivity contribution in [1.82, 2.24) is 0 Å². The second kappa shape index (κ2) is 5.21. The molecule has 0 aromatic heterocycles. The van der Waals surface area contributed by atoms with Gasteiger partial charge in [-0.3, -0.25) is 5.41 Å². The summed E-state index contributed by atoms with van der Waals surface area (Å²) in [4.78, 5) is 0. The van der Waals surface area contributed by atoms with Gasteiger partial charge >= 0.3 is 0 Å². The minimum absolute atomic E-state index is 0.412. The van der Waals surface area contributed by atoms with E-state index in [9.17, 15) is 0 Å². The van der Waals surface area contributed by atoms with Crippen LogP contribution < -0.4 is 4.74 Å². The molecule has 0 bridgehead atoms. The smallest absolute Gasteiger partial charge is 0.122 e. The predicted molar refractivity (Wildman–Crippen MR) is 67.4 cm³/mol. The lowest BCUT2D eigenvalue weighted by Crippen LogP contribution is -1.99. The monoisotopic (exact) mass is 223 g/mol. The molecule has 0 aliphatic heterocycles. The van der Waals surface area contributed by atoms with Gasteiger partial charge in [0.25, 0.3) is 0 Å². The fourth-order valence-corrected chi connectivity index (χ4v) is 1.81. The standard InChI is InChI=1S/C12H17NOS/c1-8(2)10-7-9(12(13)15-4)5-6-11(10)14-3/h5-8,13H,1-4H3. The molecule has 3 heteroatoms. The lowest BCUT2D eigenvalue weighted by atomic mass is 10.00. The highest BCUT2D eigenvalue weighted by Gasteiger charge is 2.09. The van der Waals surface area contributed by atoms with E-state index in [0.717, 1.165) is 16.9 Å². The quantitative estimate of drug-likeness (QED) is 0.628. The Morgan fingerprint density at radius 3 is 2.53 bits per heavy atom. The van der Waals surface area contributed by atoms with Crippen LogP contribution >= 0.6 is 11.8 Å². The summed E-state index contributed by atoms with van der Waals surface area (Å²) in [5.74, 6) is 1.32. The van der Waals surface area contributed by atoms with Crippen LogP contribution in [0.1, 0.15) is 30.9 Å². The number of nitrogens with one attached hydrogen (secondary N) is 1. The number of hydrogen-bond donors (Lipinski definition) is 1. The molecule has 0 radical (unpaired) electrons. The van der Waals surface area contributed by atoms with E-state index < -0.39 is 0 Å². The van der Waals surface area contributed by atoms with E-state index in [1.807, 2.05) is 24.5 Å². The molecular weight excluding hydrogens is 206 g/mol. The fraction of sp³-hybridized carbons (Fsp3) is 0.417. The topological polar surface area (TPSA) is 33.1 Å². The van der Waals surface area contributed by atoms with Crippen LogP contribution in [-0.2, 0) is 0 Å². The van der Waals surface area contributed by atoms with Crippen molar-refractivity contribution in [2.45, 2.75) is 19.8 Å². The van der Waals surface area contributed by atoms with E-state index in [2.05, 4.69) is 13.8 Å². The Morgan fingerprint density at radius 2 is 2.07 bits per heavy atom. The van der Waals surface area contributed by atoms with Crippen LogP contribution in [0.25, 0.3) is 0 Å². The van der Waals surface area contributed by atoms with Crippen molar-refractivity contribution in [3.63, 3.8) is 0 Å². The highest BCUT2D eigenvalue weighted by molar-refractivity contribution is 8.13. The average molecular weight is 223 g/mol. The Bertz CT molecular complexity index is 361. The van der Waals surface area contributed by atoms with Crippen LogP contribution in [0.5, 0.6) is 5.75 Å². The minimum Gasteiger partial charge on any atom is -0.496 e. The van der Waals surface area contributed by atoms with Crippen molar-refractivity contribution in [3.05, 3.63) is 29.3 Å². The van der Waals surface area contributed by atoms with Gasteiger partial charge < -0.3 is 4.74 Å². The van der Waals surface area contributed by atoms with Crippen LogP contribution in [-0.4, -0.2) is 18.4 Å². The number of rotatable bonds is 3. The lowest BCUT2D eigenvalue weighted by Gasteiger charge is -2.13. The number of benzene rings is 1. The van der Waals surface area contributed by atoms with E-state index in [0.29, 0.717) is 11.0 Å². The van der Waals surface area contributed by atoms with Crippen LogP contribution in [0.4, 0.5) is 0 Å². The Kier molecular flexibility index (Phi) is 4.21. The van der Waals surface area contributed by atoms with E-state index in [4.69, 9.17) is 10.1 Å². The molecule has 0 fully saturated rings. The maximum atomic E-state index is 7.77. The lowest BCUT2D eigenvalue weighted by molar-refractivity contribution is 0.407. The molecule has 2 nitrogen and oxygen atoms in total. The molecule has 15 heavy (non-hydrogen) atoms. The van der Waals surface area contributed by atoms with Gasteiger partial charge in [0, 0.05) is 5.56 Å². The Hall–Kier alpha value is -0.960. The Balaban J connectivity index is 3.16. The molecule has 82 valence electrons. The zero-order chi connectivity index (χ0) is 11.4. The molecule has 0 aliphatic rings. The summed E-state index contributed by atoms with van der Waals surface area (Å²) in [6.07, 6.45) is 1.92. The molecule has 0 spiro atoms. The van der Waals surface area contributed by atoms with Crippen molar-refractivity contribution in [2.24, 2.45) is 0 Å². The summed E-state index contributed by atoms with van der Waals surface area (Å²) < 4.78 is 5.30. The van der Waals surface area contributed by atoms with Crippen LogP contribution in [0.2, 0.25) is 0 Å². The van der Waals surface area contributed by atoms with Gasteiger partial charge in [-0.25, -0.2) is 0 Å². The third-order valence-electron chi connectivity index (χ3n) is 2.32. The number of ether oxygens (including phenoxy) is 1. The molecule has 0 amide bonds. The molecule has 1 aromatic carbocycles. The van der Waals surface area contributed by atoms with Gasteiger partial charge in [-0.15, -0.1) is 11.8 Å². The van der Waals surface area contributed by atoms with Crippen LogP contribution in [0.3, 0.4) is 0 Å². The van der Waals surface area contributed by atoms with Gasteiger partial charge in [-0.05, 0) is 35.9 Å². The van der Waals surface area contributed by atoms with Gasteiger partial charge in [0.1, 0.15) is 5.75 Å². The first-order chi connectivity index (χ1) is 7.10. The molecule has 1 aromatic rings. The van der Waals surface area contributed by atoms with Gasteiger partial charge in [0.2, 0.25) is 0 Å². The summed E-state index contributed by atoms with van der Waals surface area (Å²) in [6, 6.07) is 5.92. The highest BCUT2D eigenvalue weighted by atomic mass is 32.2. The van der Waals surface area contributed by atoms with E-state index in [-0.39, 0.29) is 0 Å². The summed E-state index contributed by atoms with van der Waals surface area (Å²) in [5, 5.41) is 8.36. The molecule has 1 N–H and O–H groups in total. The minimum atomic E-state index is 0.412. The second-order valence-corrected chi connectivity index (χ2v) is 4.46. The normalized spacial score (nSPS) is 10.5. The van der Waals surface area contributed by atoms with Crippen molar-refractivity contribution >= 4 is 16.8 Å². The molecule has 0 heterocycles. The van der Waals surface area contributed by atoms with Crippen LogP contribution in [0, 0.1) is 5.41 Å². The average Bonchev–Trinajstić information content (AvgIpc) is 2.27. The molecule has 0 saturated heterocycles. The van der Waals surface area contributed by atoms with Crippen molar-refractivity contribution in [2.75, 3.05) is 13.4 Å². The summed E-state index contributed by atoms with van der Waals surface area (Å²) >= 11 is 1.45. The zero-order valence-corrected chi connectivity index (χ0v) is 10.4. The first-order valence-corrected chi connectivity index (χ1v) is 6.13. The highest BCUT2D eigenvalue weighted by Crippen LogP contribution is 2.28. The van der Waals surface area contributed by atoms with Crippen molar-refractivity contribution in [1.29, 1.82) is 5.41 Å². The maximum Gasteiger partial charge on any atom is 0.122 e. The molecule has 1 rings (SSSR count). The molecule has 0 atom stereocenters. The summed E-state index contributed by atoms with van der Waals surface area (Å²) in [5.41, 5.74) is 2.13.